The van der Waals surface area contributed by atoms with Crippen molar-refractivity contribution in [2.75, 3.05) is 4.72 Å². The van der Waals surface area contributed by atoms with Crippen LogP contribution < -0.4 is 4.72 Å². The van der Waals surface area contributed by atoms with E-state index in [-0.39, 0.29) is 4.90 Å². The molecule has 0 saturated carbocycles. The smallest absolute Gasteiger partial charge is 0.261 e. The van der Waals surface area contributed by atoms with Crippen molar-refractivity contribution in [3.63, 3.8) is 0 Å². The Morgan fingerprint density at radius 3 is 2.38 bits per heavy atom. The number of aromatic nitrogens is 1. The third kappa shape index (κ3) is 3.52. The molecule has 1 N–H and O–H groups in total. The average Bonchev–Trinajstić information content (AvgIpc) is 2.97. The van der Waals surface area contributed by atoms with Crippen molar-refractivity contribution in [1.82, 2.24) is 4.98 Å². The first-order valence-electron chi connectivity index (χ1n) is 7.17. The number of anilines is 1. The normalized spacial score (nSPS) is 11.5. The Kier molecular flexibility index (Phi) is 4.47. The number of sulfonamides is 1. The largest absolute Gasteiger partial charge is 0.441 e. The summed E-state index contributed by atoms with van der Waals surface area (Å²) in [5.74, 6) is 1.17. The third-order valence-electron chi connectivity index (χ3n) is 3.44. The highest BCUT2D eigenvalue weighted by Crippen LogP contribution is 2.27. The molecule has 0 atom stereocenters. The monoisotopic (exact) mass is 406 g/mol. The quantitative estimate of drug-likeness (QED) is 0.690. The SMILES string of the molecule is Cc1ccc(NS(=O)(=O)c2ccc(-c3cnc(C)o3)cc2)c(Br)c1. The highest BCUT2D eigenvalue weighted by Gasteiger charge is 2.16. The summed E-state index contributed by atoms with van der Waals surface area (Å²) in [5, 5.41) is 0. The Balaban J connectivity index is 1.87. The summed E-state index contributed by atoms with van der Waals surface area (Å²) in [5.41, 5.74) is 2.30. The van der Waals surface area contributed by atoms with E-state index in [1.54, 1.807) is 31.3 Å². The van der Waals surface area contributed by atoms with Crippen molar-refractivity contribution in [2.24, 2.45) is 0 Å². The van der Waals surface area contributed by atoms with Crippen LogP contribution in [0.1, 0.15) is 11.5 Å². The van der Waals surface area contributed by atoms with Gasteiger partial charge in [-0.2, -0.15) is 0 Å². The van der Waals surface area contributed by atoms with Crippen molar-refractivity contribution in [2.45, 2.75) is 18.7 Å². The maximum atomic E-state index is 12.5. The summed E-state index contributed by atoms with van der Waals surface area (Å²) >= 11 is 3.37. The molecule has 0 unspecified atom stereocenters. The first kappa shape index (κ1) is 16.7. The van der Waals surface area contributed by atoms with Crippen LogP contribution in [-0.2, 0) is 10.0 Å². The van der Waals surface area contributed by atoms with Crippen LogP contribution in [-0.4, -0.2) is 13.4 Å². The number of hydrogen-bond acceptors (Lipinski definition) is 4. The molecule has 3 rings (SSSR count). The average molecular weight is 407 g/mol. The molecule has 1 heterocycles. The highest BCUT2D eigenvalue weighted by atomic mass is 79.9. The summed E-state index contributed by atoms with van der Waals surface area (Å²) in [4.78, 5) is 4.21. The Hall–Kier alpha value is -2.12. The Morgan fingerprint density at radius 1 is 1.08 bits per heavy atom. The second-order valence-electron chi connectivity index (χ2n) is 5.36. The first-order chi connectivity index (χ1) is 11.3. The number of benzene rings is 2. The van der Waals surface area contributed by atoms with Gasteiger partial charge in [-0.05, 0) is 64.8 Å². The number of nitrogens with one attached hydrogen (secondary N) is 1. The van der Waals surface area contributed by atoms with Crippen LogP contribution in [0, 0.1) is 13.8 Å². The molecular weight excluding hydrogens is 392 g/mol. The van der Waals surface area contributed by atoms with Crippen LogP contribution in [0.15, 0.2) is 62.4 Å². The number of aryl methyl sites for hydroxylation is 2. The number of oxazole rings is 1. The van der Waals surface area contributed by atoms with E-state index in [9.17, 15) is 8.42 Å². The van der Waals surface area contributed by atoms with E-state index >= 15 is 0 Å². The van der Waals surface area contributed by atoms with E-state index in [1.807, 2.05) is 19.1 Å². The molecule has 0 bridgehead atoms. The molecule has 0 amide bonds. The second kappa shape index (κ2) is 6.41. The van der Waals surface area contributed by atoms with Gasteiger partial charge in [-0.25, -0.2) is 13.4 Å². The molecule has 0 aliphatic carbocycles. The lowest BCUT2D eigenvalue weighted by molar-refractivity contribution is 0.534. The fourth-order valence-electron chi connectivity index (χ4n) is 2.20. The van der Waals surface area contributed by atoms with Gasteiger partial charge in [0.25, 0.3) is 10.0 Å². The molecule has 0 saturated heterocycles. The maximum Gasteiger partial charge on any atom is 0.261 e. The molecule has 2 aromatic carbocycles. The van der Waals surface area contributed by atoms with Crippen LogP contribution in [0.5, 0.6) is 0 Å². The Morgan fingerprint density at radius 2 is 1.79 bits per heavy atom. The summed E-state index contributed by atoms with van der Waals surface area (Å²) in [6.45, 7) is 3.69. The van der Waals surface area contributed by atoms with E-state index in [4.69, 9.17) is 4.42 Å². The third-order valence-corrected chi connectivity index (χ3v) is 5.48. The number of halogens is 1. The van der Waals surface area contributed by atoms with Gasteiger partial charge in [0.2, 0.25) is 0 Å². The van der Waals surface area contributed by atoms with E-state index in [2.05, 4.69) is 25.6 Å². The lowest BCUT2D eigenvalue weighted by Crippen LogP contribution is -2.13. The van der Waals surface area contributed by atoms with Gasteiger partial charge in [0, 0.05) is 17.0 Å². The van der Waals surface area contributed by atoms with Crippen LogP contribution in [0.3, 0.4) is 0 Å². The van der Waals surface area contributed by atoms with Crippen molar-refractivity contribution < 1.29 is 12.8 Å². The van der Waals surface area contributed by atoms with Crippen LogP contribution in [0.25, 0.3) is 11.3 Å². The number of nitrogens with zero attached hydrogens (tertiary/aromatic N) is 1. The molecule has 0 fully saturated rings. The van der Waals surface area contributed by atoms with E-state index in [1.165, 1.54) is 12.1 Å². The van der Waals surface area contributed by atoms with Crippen molar-refractivity contribution in [3.05, 3.63) is 64.6 Å². The van der Waals surface area contributed by atoms with Gasteiger partial charge in [-0.1, -0.05) is 6.07 Å². The molecule has 1 aromatic heterocycles. The summed E-state index contributed by atoms with van der Waals surface area (Å²) in [7, 11) is -3.67. The fraction of sp³-hybridized carbons (Fsp3) is 0.118. The molecule has 0 radical (unpaired) electrons. The lowest BCUT2D eigenvalue weighted by atomic mass is 10.2. The zero-order chi connectivity index (χ0) is 17.3. The van der Waals surface area contributed by atoms with Crippen molar-refractivity contribution >= 4 is 31.6 Å². The minimum atomic E-state index is -3.67. The maximum absolute atomic E-state index is 12.5. The van der Waals surface area contributed by atoms with Crippen LogP contribution >= 0.6 is 15.9 Å². The number of rotatable bonds is 4. The molecule has 0 spiro atoms. The summed E-state index contributed by atoms with van der Waals surface area (Å²) < 4.78 is 33.8. The second-order valence-corrected chi connectivity index (χ2v) is 7.89. The topological polar surface area (TPSA) is 72.2 Å². The molecule has 7 heteroatoms. The van der Waals surface area contributed by atoms with E-state index in [0.29, 0.717) is 21.8 Å². The highest BCUT2D eigenvalue weighted by molar-refractivity contribution is 9.10. The fourth-order valence-corrected chi connectivity index (χ4v) is 4.00. The van der Waals surface area contributed by atoms with Crippen molar-refractivity contribution in [1.29, 1.82) is 0 Å². The van der Waals surface area contributed by atoms with Gasteiger partial charge in [0.05, 0.1) is 16.8 Å². The molecular formula is C17H15BrN2O3S. The summed E-state index contributed by atoms with van der Waals surface area (Å²) in [6, 6.07) is 11.9. The van der Waals surface area contributed by atoms with Gasteiger partial charge in [-0.15, -0.1) is 0 Å². The van der Waals surface area contributed by atoms with Gasteiger partial charge in [0.1, 0.15) is 0 Å². The Labute approximate surface area is 148 Å². The van der Waals surface area contributed by atoms with E-state index in [0.717, 1.165) is 11.1 Å². The first-order valence-corrected chi connectivity index (χ1v) is 9.44. The van der Waals surface area contributed by atoms with Gasteiger partial charge >= 0.3 is 0 Å². The van der Waals surface area contributed by atoms with Crippen LogP contribution in [0.2, 0.25) is 0 Å². The van der Waals surface area contributed by atoms with E-state index < -0.39 is 10.0 Å². The molecule has 0 aliphatic rings. The lowest BCUT2D eigenvalue weighted by Gasteiger charge is -2.10. The van der Waals surface area contributed by atoms with Gasteiger partial charge in [0.15, 0.2) is 11.7 Å². The standard InChI is InChI=1S/C17H15BrN2O3S/c1-11-3-8-16(15(18)9-11)20-24(21,22)14-6-4-13(5-7-14)17-10-19-12(2)23-17/h3-10,20H,1-2H3. The van der Waals surface area contributed by atoms with Gasteiger partial charge in [-0.3, -0.25) is 4.72 Å². The minimum absolute atomic E-state index is 0.176. The molecule has 3 aromatic rings. The molecule has 0 aliphatic heterocycles. The molecule has 24 heavy (non-hydrogen) atoms. The zero-order valence-corrected chi connectivity index (χ0v) is 15.5. The van der Waals surface area contributed by atoms with Gasteiger partial charge < -0.3 is 4.42 Å². The number of hydrogen-bond donors (Lipinski definition) is 1. The molecule has 5 nitrogen and oxygen atoms in total. The summed E-state index contributed by atoms with van der Waals surface area (Å²) in [6.07, 6.45) is 1.61. The van der Waals surface area contributed by atoms with Crippen LogP contribution in [0.4, 0.5) is 5.69 Å². The predicted octanol–water partition coefficient (Wildman–Crippen LogP) is 4.52. The minimum Gasteiger partial charge on any atom is -0.441 e. The predicted molar refractivity (Wildman–Crippen MR) is 96.4 cm³/mol. The molecule has 124 valence electrons. The Bertz CT molecular complexity index is 979. The van der Waals surface area contributed by atoms with Crippen molar-refractivity contribution in [3.8, 4) is 11.3 Å². The zero-order valence-electron chi connectivity index (χ0n) is 13.1.